The molecule has 0 aliphatic heterocycles. The highest BCUT2D eigenvalue weighted by atomic mass is 35.5. The predicted octanol–water partition coefficient (Wildman–Crippen LogP) is 6.05. The number of nitrogens with zero attached hydrogens (tertiary/aromatic N) is 1. The fraction of sp³-hybridized carbons (Fsp3) is 0.111. The van der Waals surface area contributed by atoms with Crippen molar-refractivity contribution in [2.75, 3.05) is 21.3 Å². The number of benzene rings is 3. The molecular weight excluding hydrogens is 454 g/mol. The van der Waals surface area contributed by atoms with Crippen molar-refractivity contribution in [2.24, 2.45) is 0 Å². The molecule has 0 saturated heterocycles. The van der Waals surface area contributed by atoms with E-state index in [1.807, 2.05) is 0 Å². The van der Waals surface area contributed by atoms with Gasteiger partial charge in [-0.1, -0.05) is 35.9 Å². The van der Waals surface area contributed by atoms with Crippen molar-refractivity contribution < 1.29 is 23.7 Å². The first kappa shape index (κ1) is 24.4. The summed E-state index contributed by atoms with van der Waals surface area (Å²) in [6.45, 7) is 0. The third-order valence-corrected chi connectivity index (χ3v) is 5.02. The molecule has 0 aliphatic carbocycles. The van der Waals surface area contributed by atoms with Gasteiger partial charge in [0.15, 0.2) is 23.0 Å². The van der Waals surface area contributed by atoms with Gasteiger partial charge in [-0.3, -0.25) is 0 Å². The van der Waals surface area contributed by atoms with E-state index in [9.17, 15) is 10.1 Å². The van der Waals surface area contributed by atoms with Crippen LogP contribution in [0.5, 0.6) is 23.0 Å². The van der Waals surface area contributed by atoms with Crippen LogP contribution in [0.3, 0.4) is 0 Å². The van der Waals surface area contributed by atoms with Gasteiger partial charge in [-0.05, 0) is 65.2 Å². The summed E-state index contributed by atoms with van der Waals surface area (Å²) >= 11 is 6.04. The fourth-order valence-electron chi connectivity index (χ4n) is 3.12. The molecule has 3 aromatic carbocycles. The molecule has 0 unspecified atom stereocenters. The lowest BCUT2D eigenvalue weighted by Gasteiger charge is -2.09. The lowest BCUT2D eigenvalue weighted by molar-refractivity contribution is -0.129. The van der Waals surface area contributed by atoms with Crippen LogP contribution in [-0.4, -0.2) is 27.3 Å². The van der Waals surface area contributed by atoms with Crippen LogP contribution in [0.25, 0.3) is 17.7 Å². The van der Waals surface area contributed by atoms with Crippen molar-refractivity contribution in [1.29, 1.82) is 5.26 Å². The number of hydrogen-bond donors (Lipinski definition) is 0. The number of ether oxygens (including phenoxy) is 4. The third kappa shape index (κ3) is 6.18. The topological polar surface area (TPSA) is 77.8 Å². The van der Waals surface area contributed by atoms with Crippen LogP contribution < -0.4 is 18.9 Å². The Balaban J connectivity index is 1.77. The minimum absolute atomic E-state index is 0.253. The molecule has 172 valence electrons. The maximum atomic E-state index is 12.4. The highest BCUT2D eigenvalue weighted by molar-refractivity contribution is 6.30. The summed E-state index contributed by atoms with van der Waals surface area (Å²) in [5.74, 6) is 1.18. The normalized spacial score (nSPS) is 11.1. The summed E-state index contributed by atoms with van der Waals surface area (Å²) < 4.78 is 21.3. The zero-order valence-electron chi connectivity index (χ0n) is 18.9. The molecule has 7 heteroatoms. The second-order valence-corrected chi connectivity index (χ2v) is 7.40. The maximum absolute atomic E-state index is 12.4. The molecule has 0 radical (unpaired) electrons. The summed E-state index contributed by atoms with van der Waals surface area (Å²) in [4.78, 5) is 12.4. The molecule has 0 bridgehead atoms. The largest absolute Gasteiger partial charge is 0.493 e. The minimum Gasteiger partial charge on any atom is -0.493 e. The fourth-order valence-corrected chi connectivity index (χ4v) is 3.31. The molecule has 0 aromatic heterocycles. The Kier molecular flexibility index (Phi) is 8.33. The molecule has 0 saturated carbocycles. The Morgan fingerprint density at radius 2 is 1.50 bits per heavy atom. The number of hydrogen-bond acceptors (Lipinski definition) is 6. The Labute approximate surface area is 203 Å². The van der Waals surface area contributed by atoms with Gasteiger partial charge in [-0.25, -0.2) is 4.79 Å². The van der Waals surface area contributed by atoms with Crippen LogP contribution in [0, 0.1) is 11.3 Å². The van der Waals surface area contributed by atoms with Crippen LogP contribution in [0.2, 0.25) is 5.02 Å². The standard InChI is InChI=1S/C27H22ClNO5/c1-31-23-10-7-18(14-25(23)32-2)9-12-27(30)34-24-11-8-19(15-26(24)33-3)13-21(17-29)20-5-4-6-22(28)16-20/h4-16H,1-3H3/b12-9+,21-13-. The predicted molar refractivity (Wildman–Crippen MR) is 132 cm³/mol. The summed E-state index contributed by atoms with van der Waals surface area (Å²) in [5.41, 5.74) is 2.58. The molecule has 0 fully saturated rings. The number of carbonyl (C=O) groups excluding carboxylic acids is 1. The van der Waals surface area contributed by atoms with Crippen molar-refractivity contribution >= 4 is 35.3 Å². The third-order valence-electron chi connectivity index (χ3n) is 4.78. The number of nitriles is 1. The highest BCUT2D eigenvalue weighted by Gasteiger charge is 2.10. The van der Waals surface area contributed by atoms with E-state index in [1.54, 1.807) is 87.0 Å². The number of methoxy groups -OCH3 is 3. The quantitative estimate of drug-likeness (QED) is 0.130. The first-order chi connectivity index (χ1) is 16.5. The number of carbonyl (C=O) groups is 1. The molecule has 0 spiro atoms. The zero-order valence-corrected chi connectivity index (χ0v) is 19.6. The summed E-state index contributed by atoms with van der Waals surface area (Å²) in [6, 6.07) is 19.5. The molecule has 6 nitrogen and oxygen atoms in total. The Bertz CT molecular complexity index is 1290. The molecule has 0 N–H and O–H groups in total. The van der Waals surface area contributed by atoms with E-state index in [2.05, 4.69) is 6.07 Å². The molecule has 3 aromatic rings. The van der Waals surface area contributed by atoms with Gasteiger partial charge in [-0.15, -0.1) is 0 Å². The van der Waals surface area contributed by atoms with E-state index >= 15 is 0 Å². The molecule has 0 heterocycles. The van der Waals surface area contributed by atoms with Gasteiger partial charge in [0.25, 0.3) is 0 Å². The first-order valence-electron chi connectivity index (χ1n) is 10.1. The van der Waals surface area contributed by atoms with E-state index < -0.39 is 5.97 Å². The second-order valence-electron chi connectivity index (χ2n) is 6.96. The zero-order chi connectivity index (χ0) is 24.5. The van der Waals surface area contributed by atoms with E-state index in [4.69, 9.17) is 30.5 Å². The molecule has 0 atom stereocenters. The molecule has 3 rings (SSSR count). The van der Waals surface area contributed by atoms with Crippen LogP contribution >= 0.6 is 11.6 Å². The number of rotatable bonds is 8. The average molecular weight is 476 g/mol. The Hall–Kier alpha value is -4.21. The summed E-state index contributed by atoms with van der Waals surface area (Å²) in [7, 11) is 4.57. The highest BCUT2D eigenvalue weighted by Crippen LogP contribution is 2.31. The minimum atomic E-state index is -0.576. The number of halogens is 1. The van der Waals surface area contributed by atoms with Crippen molar-refractivity contribution in [1.82, 2.24) is 0 Å². The van der Waals surface area contributed by atoms with Crippen LogP contribution in [-0.2, 0) is 4.79 Å². The van der Waals surface area contributed by atoms with Crippen molar-refractivity contribution in [3.8, 4) is 29.1 Å². The SMILES string of the molecule is COc1ccc(/C=C/C(=O)Oc2ccc(/C=C(/C#N)c3cccc(Cl)c3)cc2OC)cc1OC. The van der Waals surface area contributed by atoms with Gasteiger partial charge >= 0.3 is 5.97 Å². The molecule has 0 aliphatic rings. The average Bonchev–Trinajstić information content (AvgIpc) is 2.86. The first-order valence-corrected chi connectivity index (χ1v) is 10.5. The second kappa shape index (κ2) is 11.6. The molecule has 0 amide bonds. The van der Waals surface area contributed by atoms with Gasteiger partial charge < -0.3 is 18.9 Å². The van der Waals surface area contributed by atoms with Gasteiger partial charge in [0.05, 0.1) is 33.0 Å². The number of allylic oxidation sites excluding steroid dienone is 1. The molecular formula is C27H22ClNO5. The smallest absolute Gasteiger partial charge is 0.336 e. The van der Waals surface area contributed by atoms with Gasteiger partial charge in [0, 0.05) is 11.1 Å². The Morgan fingerprint density at radius 3 is 2.18 bits per heavy atom. The van der Waals surface area contributed by atoms with E-state index in [1.165, 1.54) is 13.2 Å². The van der Waals surface area contributed by atoms with Crippen molar-refractivity contribution in [2.45, 2.75) is 0 Å². The van der Waals surface area contributed by atoms with E-state index in [-0.39, 0.29) is 5.75 Å². The van der Waals surface area contributed by atoms with Gasteiger partial charge in [0.2, 0.25) is 0 Å². The summed E-state index contributed by atoms with van der Waals surface area (Å²) in [5, 5.41) is 10.1. The lowest BCUT2D eigenvalue weighted by atomic mass is 10.0. The van der Waals surface area contributed by atoms with Crippen molar-refractivity contribution in [3.05, 3.63) is 88.5 Å². The van der Waals surface area contributed by atoms with E-state index in [0.717, 1.165) is 5.56 Å². The van der Waals surface area contributed by atoms with Crippen LogP contribution in [0.1, 0.15) is 16.7 Å². The lowest BCUT2D eigenvalue weighted by Crippen LogP contribution is -2.05. The van der Waals surface area contributed by atoms with Crippen LogP contribution in [0.15, 0.2) is 66.7 Å². The molecule has 34 heavy (non-hydrogen) atoms. The van der Waals surface area contributed by atoms with Gasteiger partial charge in [-0.2, -0.15) is 5.26 Å². The van der Waals surface area contributed by atoms with Crippen LogP contribution in [0.4, 0.5) is 0 Å². The Morgan fingerprint density at radius 1 is 0.853 bits per heavy atom. The van der Waals surface area contributed by atoms with Gasteiger partial charge in [0.1, 0.15) is 0 Å². The monoisotopic (exact) mass is 475 g/mol. The van der Waals surface area contributed by atoms with Crippen molar-refractivity contribution in [3.63, 3.8) is 0 Å². The maximum Gasteiger partial charge on any atom is 0.336 e. The summed E-state index contributed by atoms with van der Waals surface area (Å²) in [6.07, 6.45) is 4.62. The van der Waals surface area contributed by atoms with E-state index in [0.29, 0.717) is 39.0 Å². The number of esters is 1.